The van der Waals surface area contributed by atoms with Gasteiger partial charge in [0.05, 0.1) is 14.2 Å². The van der Waals surface area contributed by atoms with Crippen molar-refractivity contribution >= 4 is 5.97 Å². The lowest BCUT2D eigenvalue weighted by Crippen LogP contribution is -2.37. The van der Waals surface area contributed by atoms with Crippen LogP contribution >= 0.6 is 0 Å². The molecule has 0 radical (unpaired) electrons. The smallest absolute Gasteiger partial charge is 0.320 e. The minimum Gasteiger partial charge on any atom is -0.493 e. The van der Waals surface area contributed by atoms with Gasteiger partial charge in [-0.3, -0.25) is 9.69 Å². The normalized spacial score (nSPS) is 12.3. The van der Waals surface area contributed by atoms with Gasteiger partial charge in [-0.1, -0.05) is 13.0 Å². The number of carboxylic acids is 1. The molecule has 0 heterocycles. The molecule has 5 nitrogen and oxygen atoms in total. The number of aliphatic carboxylic acids is 1. The third kappa shape index (κ3) is 3.86. The number of nitrogens with zero attached hydrogens (tertiary/aromatic N) is 1. The van der Waals surface area contributed by atoms with Gasteiger partial charge in [0.15, 0.2) is 11.5 Å². The maximum absolute atomic E-state index is 11.1. The van der Waals surface area contributed by atoms with E-state index in [1.807, 2.05) is 30.0 Å². The predicted molar refractivity (Wildman–Crippen MR) is 72.7 cm³/mol. The van der Waals surface area contributed by atoms with Crippen LogP contribution in [0.3, 0.4) is 0 Å². The Morgan fingerprint density at radius 1 is 1.32 bits per heavy atom. The highest BCUT2D eigenvalue weighted by Gasteiger charge is 2.20. The van der Waals surface area contributed by atoms with E-state index in [2.05, 4.69) is 0 Å². The number of ether oxygens (including phenoxy) is 2. The zero-order chi connectivity index (χ0) is 14.4. The molecule has 1 rings (SSSR count). The molecule has 0 aliphatic carbocycles. The third-order valence-corrected chi connectivity index (χ3v) is 3.08. The van der Waals surface area contributed by atoms with Crippen molar-refractivity contribution in [3.8, 4) is 11.5 Å². The second-order valence-corrected chi connectivity index (χ2v) is 4.37. The van der Waals surface area contributed by atoms with Crippen molar-refractivity contribution in [2.75, 3.05) is 21.3 Å². The molecule has 0 amide bonds. The third-order valence-electron chi connectivity index (χ3n) is 3.08. The first-order chi connectivity index (χ1) is 9.03. The molecule has 1 N–H and O–H groups in total. The number of carbonyl (C=O) groups is 1. The average Bonchev–Trinajstić information content (AvgIpc) is 2.38. The Morgan fingerprint density at radius 2 is 1.95 bits per heavy atom. The molecule has 5 heteroatoms. The van der Waals surface area contributed by atoms with Gasteiger partial charge in [-0.25, -0.2) is 0 Å². The number of rotatable bonds is 7. The molecule has 1 aromatic rings. The topological polar surface area (TPSA) is 59.0 Å². The van der Waals surface area contributed by atoms with E-state index in [0.29, 0.717) is 24.5 Å². The summed E-state index contributed by atoms with van der Waals surface area (Å²) in [7, 11) is 4.97. The maximum Gasteiger partial charge on any atom is 0.320 e. The van der Waals surface area contributed by atoms with Gasteiger partial charge in [0, 0.05) is 6.54 Å². The quantitative estimate of drug-likeness (QED) is 0.818. The standard InChI is InChI=1S/C14H21NO4/c1-5-11(14(16)17)15(2)9-10-6-7-12(18-3)13(8-10)19-4/h6-8,11H,5,9H2,1-4H3,(H,16,17). The van der Waals surface area contributed by atoms with Gasteiger partial charge < -0.3 is 14.6 Å². The minimum absolute atomic E-state index is 0.479. The van der Waals surface area contributed by atoms with Crippen molar-refractivity contribution in [1.82, 2.24) is 4.90 Å². The SMILES string of the molecule is CCC(C(=O)O)N(C)Cc1ccc(OC)c(OC)c1. The van der Waals surface area contributed by atoms with E-state index in [1.54, 1.807) is 21.3 Å². The zero-order valence-corrected chi connectivity index (χ0v) is 11.8. The van der Waals surface area contributed by atoms with Crippen molar-refractivity contribution in [3.63, 3.8) is 0 Å². The summed E-state index contributed by atoms with van der Waals surface area (Å²) in [4.78, 5) is 12.9. The van der Waals surface area contributed by atoms with E-state index in [4.69, 9.17) is 14.6 Å². The molecule has 0 bridgehead atoms. The fourth-order valence-corrected chi connectivity index (χ4v) is 2.05. The van der Waals surface area contributed by atoms with E-state index < -0.39 is 12.0 Å². The molecule has 106 valence electrons. The molecule has 19 heavy (non-hydrogen) atoms. The first-order valence-corrected chi connectivity index (χ1v) is 6.17. The van der Waals surface area contributed by atoms with Gasteiger partial charge in [0.2, 0.25) is 0 Å². The largest absolute Gasteiger partial charge is 0.493 e. The second-order valence-electron chi connectivity index (χ2n) is 4.37. The Balaban J connectivity index is 2.84. The molecule has 0 saturated carbocycles. The molecule has 0 fully saturated rings. The van der Waals surface area contributed by atoms with Gasteiger partial charge in [-0.2, -0.15) is 0 Å². The molecule has 0 spiro atoms. The Morgan fingerprint density at radius 3 is 2.42 bits per heavy atom. The Bertz CT molecular complexity index is 433. The molecule has 0 aliphatic rings. The highest BCUT2D eigenvalue weighted by molar-refractivity contribution is 5.73. The summed E-state index contributed by atoms with van der Waals surface area (Å²) in [6.45, 7) is 2.41. The van der Waals surface area contributed by atoms with Gasteiger partial charge in [0.1, 0.15) is 6.04 Å². The fraction of sp³-hybridized carbons (Fsp3) is 0.500. The number of hydrogen-bond acceptors (Lipinski definition) is 4. The van der Waals surface area contributed by atoms with Crippen molar-refractivity contribution in [1.29, 1.82) is 0 Å². The minimum atomic E-state index is -0.800. The summed E-state index contributed by atoms with van der Waals surface area (Å²) in [6, 6.07) is 5.12. The van der Waals surface area contributed by atoms with Crippen LogP contribution in [0.25, 0.3) is 0 Å². The van der Waals surface area contributed by atoms with Crippen LogP contribution in [0, 0.1) is 0 Å². The summed E-state index contributed by atoms with van der Waals surface area (Å²) >= 11 is 0. The van der Waals surface area contributed by atoms with E-state index in [1.165, 1.54) is 0 Å². The molecular weight excluding hydrogens is 246 g/mol. The summed E-state index contributed by atoms with van der Waals surface area (Å²) < 4.78 is 10.4. The van der Waals surface area contributed by atoms with E-state index in [9.17, 15) is 4.79 Å². The number of likely N-dealkylation sites (N-methyl/N-ethyl adjacent to an activating group) is 1. The maximum atomic E-state index is 11.1. The average molecular weight is 267 g/mol. The predicted octanol–water partition coefficient (Wildman–Crippen LogP) is 2.00. The molecule has 1 atom stereocenters. The Kier molecular flexibility index (Phi) is 5.63. The van der Waals surface area contributed by atoms with Gasteiger partial charge in [0.25, 0.3) is 0 Å². The van der Waals surface area contributed by atoms with Crippen LogP contribution < -0.4 is 9.47 Å². The second kappa shape index (κ2) is 6.99. The highest BCUT2D eigenvalue weighted by Crippen LogP contribution is 2.28. The number of methoxy groups -OCH3 is 2. The van der Waals surface area contributed by atoms with E-state index in [-0.39, 0.29) is 0 Å². The van der Waals surface area contributed by atoms with Gasteiger partial charge in [-0.15, -0.1) is 0 Å². The molecule has 0 aliphatic heterocycles. The monoisotopic (exact) mass is 267 g/mol. The Hall–Kier alpha value is -1.75. The van der Waals surface area contributed by atoms with Gasteiger partial charge >= 0.3 is 5.97 Å². The van der Waals surface area contributed by atoms with E-state index in [0.717, 1.165) is 5.56 Å². The highest BCUT2D eigenvalue weighted by atomic mass is 16.5. The lowest BCUT2D eigenvalue weighted by molar-refractivity contribution is -0.143. The van der Waals surface area contributed by atoms with Crippen LogP contribution in [0.1, 0.15) is 18.9 Å². The number of carboxylic acid groups (broad SMARTS) is 1. The van der Waals surface area contributed by atoms with Crippen LogP contribution in [-0.2, 0) is 11.3 Å². The summed E-state index contributed by atoms with van der Waals surface area (Å²) in [5.41, 5.74) is 0.986. The van der Waals surface area contributed by atoms with Crippen molar-refractivity contribution in [2.45, 2.75) is 25.9 Å². The van der Waals surface area contributed by atoms with E-state index >= 15 is 0 Å². The van der Waals surface area contributed by atoms with Crippen LogP contribution in [0.5, 0.6) is 11.5 Å². The van der Waals surface area contributed by atoms with Crippen molar-refractivity contribution in [2.24, 2.45) is 0 Å². The van der Waals surface area contributed by atoms with Crippen LogP contribution in [0.15, 0.2) is 18.2 Å². The van der Waals surface area contributed by atoms with Crippen molar-refractivity contribution < 1.29 is 19.4 Å². The first kappa shape index (κ1) is 15.3. The zero-order valence-electron chi connectivity index (χ0n) is 11.8. The lowest BCUT2D eigenvalue weighted by atomic mass is 10.1. The van der Waals surface area contributed by atoms with Crippen LogP contribution in [-0.4, -0.2) is 43.3 Å². The fourth-order valence-electron chi connectivity index (χ4n) is 2.05. The molecule has 1 unspecified atom stereocenters. The number of benzene rings is 1. The molecule has 0 saturated heterocycles. The van der Waals surface area contributed by atoms with Crippen molar-refractivity contribution in [3.05, 3.63) is 23.8 Å². The van der Waals surface area contributed by atoms with Gasteiger partial charge in [-0.05, 0) is 31.2 Å². The number of hydrogen-bond donors (Lipinski definition) is 1. The summed E-state index contributed by atoms with van der Waals surface area (Å²) in [5.74, 6) is 0.515. The first-order valence-electron chi connectivity index (χ1n) is 6.17. The molecule has 0 aromatic heterocycles. The molecular formula is C14H21NO4. The molecule has 1 aromatic carbocycles. The Labute approximate surface area is 113 Å². The summed E-state index contributed by atoms with van der Waals surface area (Å²) in [6.07, 6.45) is 0.569. The van der Waals surface area contributed by atoms with Crippen LogP contribution in [0.2, 0.25) is 0 Å². The van der Waals surface area contributed by atoms with Crippen LogP contribution in [0.4, 0.5) is 0 Å². The lowest BCUT2D eigenvalue weighted by Gasteiger charge is -2.23. The summed E-state index contributed by atoms with van der Waals surface area (Å²) in [5, 5.41) is 9.12.